The Kier molecular flexibility index (Phi) is 3.89. The van der Waals surface area contributed by atoms with Gasteiger partial charge in [-0.05, 0) is 31.4 Å². The third-order valence-corrected chi connectivity index (χ3v) is 4.62. The second kappa shape index (κ2) is 5.26. The predicted molar refractivity (Wildman–Crippen MR) is 72.4 cm³/mol. The number of hydrogen-bond acceptors (Lipinski definition) is 3. The minimum Gasteiger partial charge on any atom is -0.324 e. The zero-order valence-electron chi connectivity index (χ0n) is 10.5. The Labute approximate surface area is 108 Å². The van der Waals surface area contributed by atoms with Gasteiger partial charge >= 0.3 is 10.2 Å². The maximum Gasteiger partial charge on any atom is 0.301 e. The van der Waals surface area contributed by atoms with Crippen LogP contribution in [0.25, 0.3) is 0 Å². The normalized spacial score (nSPS) is 18.8. The van der Waals surface area contributed by atoms with Crippen molar-refractivity contribution in [2.45, 2.75) is 25.8 Å². The topological polar surface area (TPSA) is 75.4 Å². The van der Waals surface area contributed by atoms with Gasteiger partial charge in [0.1, 0.15) is 0 Å². The van der Waals surface area contributed by atoms with Crippen molar-refractivity contribution in [3.05, 3.63) is 29.8 Å². The first-order chi connectivity index (χ1) is 8.50. The summed E-state index contributed by atoms with van der Waals surface area (Å²) in [5, 5.41) is 0. The molecule has 1 aliphatic rings. The highest BCUT2D eigenvalue weighted by molar-refractivity contribution is 7.90. The molecule has 1 fully saturated rings. The molecule has 100 valence electrons. The summed E-state index contributed by atoms with van der Waals surface area (Å²) in [6, 6.07) is 7.03. The van der Waals surface area contributed by atoms with Gasteiger partial charge in [-0.25, -0.2) is 0 Å². The Morgan fingerprint density at radius 3 is 2.50 bits per heavy atom. The van der Waals surface area contributed by atoms with Crippen molar-refractivity contribution >= 4 is 15.9 Å². The van der Waals surface area contributed by atoms with Gasteiger partial charge in [-0.2, -0.15) is 12.7 Å². The number of benzene rings is 1. The number of nitrogens with two attached hydrogens (primary N) is 1. The fourth-order valence-electron chi connectivity index (χ4n) is 2.12. The van der Waals surface area contributed by atoms with Crippen molar-refractivity contribution in [2.75, 3.05) is 17.8 Å². The Morgan fingerprint density at radius 2 is 1.89 bits per heavy atom. The average Bonchev–Trinajstić information content (AvgIpc) is 2.83. The van der Waals surface area contributed by atoms with E-state index < -0.39 is 10.2 Å². The quantitative estimate of drug-likeness (QED) is 0.869. The van der Waals surface area contributed by atoms with E-state index in [1.165, 1.54) is 4.31 Å². The van der Waals surface area contributed by atoms with Gasteiger partial charge in [0.2, 0.25) is 0 Å². The lowest BCUT2D eigenvalue weighted by Gasteiger charge is -2.19. The van der Waals surface area contributed by atoms with Crippen LogP contribution in [0, 0.1) is 0 Å². The van der Waals surface area contributed by atoms with Crippen LogP contribution in [0.4, 0.5) is 5.69 Å². The van der Waals surface area contributed by atoms with Crippen molar-refractivity contribution in [3.63, 3.8) is 0 Å². The molecule has 5 nitrogen and oxygen atoms in total. The second-order valence-electron chi connectivity index (χ2n) is 4.59. The van der Waals surface area contributed by atoms with Crippen LogP contribution in [0.2, 0.25) is 0 Å². The summed E-state index contributed by atoms with van der Waals surface area (Å²) in [5.74, 6) is 0. The molecule has 1 aromatic rings. The highest BCUT2D eigenvalue weighted by Gasteiger charge is 2.25. The molecule has 0 radical (unpaired) electrons. The predicted octanol–water partition coefficient (Wildman–Crippen LogP) is 1.46. The van der Waals surface area contributed by atoms with Crippen molar-refractivity contribution < 1.29 is 8.42 Å². The highest BCUT2D eigenvalue weighted by atomic mass is 32.2. The minimum absolute atomic E-state index is 0.206. The first-order valence-electron chi connectivity index (χ1n) is 6.13. The van der Waals surface area contributed by atoms with E-state index in [1.807, 2.05) is 19.1 Å². The van der Waals surface area contributed by atoms with Gasteiger partial charge in [0.15, 0.2) is 0 Å². The SMILES string of the molecule is CC(N)c1ccccc1NS(=O)(=O)N1CCCC1. The van der Waals surface area contributed by atoms with Gasteiger partial charge in [-0.15, -0.1) is 0 Å². The van der Waals surface area contributed by atoms with E-state index in [4.69, 9.17) is 5.73 Å². The molecular weight excluding hydrogens is 250 g/mol. The first-order valence-corrected chi connectivity index (χ1v) is 7.57. The molecule has 1 unspecified atom stereocenters. The van der Waals surface area contributed by atoms with E-state index in [0.29, 0.717) is 18.8 Å². The largest absolute Gasteiger partial charge is 0.324 e. The molecule has 6 heteroatoms. The maximum absolute atomic E-state index is 12.2. The molecule has 2 rings (SSSR count). The second-order valence-corrected chi connectivity index (χ2v) is 6.26. The summed E-state index contributed by atoms with van der Waals surface area (Å²) >= 11 is 0. The van der Waals surface area contributed by atoms with E-state index in [2.05, 4.69) is 4.72 Å². The van der Waals surface area contributed by atoms with Gasteiger partial charge in [0.25, 0.3) is 0 Å². The minimum atomic E-state index is -3.44. The zero-order valence-corrected chi connectivity index (χ0v) is 11.3. The molecule has 1 heterocycles. The third-order valence-electron chi connectivity index (χ3n) is 3.10. The Balaban J connectivity index is 2.23. The van der Waals surface area contributed by atoms with Crippen LogP contribution < -0.4 is 10.5 Å². The van der Waals surface area contributed by atoms with Crippen LogP contribution in [-0.2, 0) is 10.2 Å². The number of nitrogens with zero attached hydrogens (tertiary/aromatic N) is 1. The van der Waals surface area contributed by atoms with Crippen molar-refractivity contribution in [1.29, 1.82) is 0 Å². The molecule has 1 aromatic carbocycles. The van der Waals surface area contributed by atoms with Gasteiger partial charge < -0.3 is 5.73 Å². The molecule has 18 heavy (non-hydrogen) atoms. The Bertz CT molecular complexity index is 508. The monoisotopic (exact) mass is 269 g/mol. The molecule has 0 aromatic heterocycles. The fourth-order valence-corrected chi connectivity index (χ4v) is 3.45. The van der Waals surface area contributed by atoms with Gasteiger partial charge in [-0.1, -0.05) is 18.2 Å². The van der Waals surface area contributed by atoms with Gasteiger partial charge in [-0.3, -0.25) is 4.72 Å². The lowest BCUT2D eigenvalue weighted by atomic mass is 10.1. The summed E-state index contributed by atoms with van der Waals surface area (Å²) in [5.41, 5.74) is 7.21. The van der Waals surface area contributed by atoms with E-state index in [9.17, 15) is 8.42 Å². The molecule has 1 aliphatic heterocycles. The van der Waals surface area contributed by atoms with E-state index in [-0.39, 0.29) is 6.04 Å². The lowest BCUT2D eigenvalue weighted by Crippen LogP contribution is -2.33. The van der Waals surface area contributed by atoms with Crippen molar-refractivity contribution in [3.8, 4) is 0 Å². The summed E-state index contributed by atoms with van der Waals surface area (Å²) in [6.07, 6.45) is 1.85. The van der Waals surface area contributed by atoms with E-state index in [0.717, 1.165) is 18.4 Å². The van der Waals surface area contributed by atoms with Crippen molar-refractivity contribution in [2.24, 2.45) is 5.73 Å². The average molecular weight is 269 g/mol. The van der Waals surface area contributed by atoms with E-state index >= 15 is 0 Å². The van der Waals surface area contributed by atoms with E-state index in [1.54, 1.807) is 12.1 Å². The van der Waals surface area contributed by atoms with Crippen LogP contribution in [0.15, 0.2) is 24.3 Å². The summed E-state index contributed by atoms with van der Waals surface area (Å²) in [6.45, 7) is 3.02. The molecular formula is C12H19N3O2S. The number of para-hydroxylation sites is 1. The smallest absolute Gasteiger partial charge is 0.301 e. The summed E-state index contributed by atoms with van der Waals surface area (Å²) in [4.78, 5) is 0. The maximum atomic E-state index is 12.2. The molecule has 0 aliphatic carbocycles. The number of anilines is 1. The number of rotatable bonds is 4. The molecule has 0 amide bonds. The van der Waals surface area contributed by atoms with Gasteiger partial charge in [0, 0.05) is 19.1 Å². The number of nitrogens with one attached hydrogen (secondary N) is 1. The Hall–Kier alpha value is -1.11. The number of hydrogen-bond donors (Lipinski definition) is 2. The van der Waals surface area contributed by atoms with Crippen LogP contribution in [0.5, 0.6) is 0 Å². The third kappa shape index (κ3) is 2.82. The summed E-state index contributed by atoms with van der Waals surface area (Å²) in [7, 11) is -3.44. The standard InChI is InChI=1S/C12H19N3O2S/c1-10(13)11-6-2-3-7-12(11)14-18(16,17)15-8-4-5-9-15/h2-3,6-7,10,14H,4-5,8-9,13H2,1H3. The molecule has 3 N–H and O–H groups in total. The highest BCUT2D eigenvalue weighted by Crippen LogP contribution is 2.23. The molecule has 1 saturated heterocycles. The molecule has 0 saturated carbocycles. The molecule has 0 spiro atoms. The fraction of sp³-hybridized carbons (Fsp3) is 0.500. The summed E-state index contributed by atoms with van der Waals surface area (Å²) < 4.78 is 28.4. The Morgan fingerprint density at radius 1 is 1.28 bits per heavy atom. The van der Waals surface area contributed by atoms with Crippen molar-refractivity contribution in [1.82, 2.24) is 4.31 Å². The van der Waals surface area contributed by atoms with Crippen LogP contribution in [0.3, 0.4) is 0 Å². The van der Waals surface area contributed by atoms with Crippen LogP contribution in [0.1, 0.15) is 31.4 Å². The zero-order chi connectivity index (χ0) is 13.2. The van der Waals surface area contributed by atoms with Gasteiger partial charge in [0.05, 0.1) is 5.69 Å². The molecule has 0 bridgehead atoms. The van der Waals surface area contributed by atoms with Crippen LogP contribution in [-0.4, -0.2) is 25.8 Å². The molecule has 1 atom stereocenters. The first kappa shape index (κ1) is 13.3. The lowest BCUT2D eigenvalue weighted by molar-refractivity contribution is 0.482. The van der Waals surface area contributed by atoms with Crippen LogP contribution >= 0.6 is 0 Å².